The molecule has 0 atom stereocenters. The molecule has 0 unspecified atom stereocenters. The van der Waals surface area contributed by atoms with Crippen molar-refractivity contribution < 1.29 is 4.74 Å². The number of benzene rings is 1. The first kappa shape index (κ1) is 20.6. The van der Waals surface area contributed by atoms with Crippen LogP contribution in [0.2, 0.25) is 0 Å². The first-order valence-corrected chi connectivity index (χ1v) is 10.4. The number of nitrogens with zero attached hydrogens (tertiary/aromatic N) is 3. The Balaban J connectivity index is 1.76. The van der Waals surface area contributed by atoms with E-state index >= 15 is 0 Å². The summed E-state index contributed by atoms with van der Waals surface area (Å²) in [5.41, 5.74) is 1.23. The molecule has 1 aromatic carbocycles. The van der Waals surface area contributed by atoms with E-state index in [1.807, 2.05) is 43.3 Å². The number of piperidine rings is 1. The van der Waals surface area contributed by atoms with Crippen molar-refractivity contribution in [1.82, 2.24) is 15.2 Å². The predicted octanol–water partition coefficient (Wildman–Crippen LogP) is 5.52. The zero-order valence-electron chi connectivity index (χ0n) is 16.7. The lowest BCUT2D eigenvalue weighted by atomic mass is 9.93. The topological polar surface area (TPSA) is 49.8 Å². The number of pyridine rings is 1. The van der Waals surface area contributed by atoms with Gasteiger partial charge in [-0.15, -0.1) is 0 Å². The van der Waals surface area contributed by atoms with Crippen molar-refractivity contribution in [2.75, 3.05) is 20.1 Å². The second kappa shape index (κ2) is 9.85. The average molecular weight is 443 g/mol. The van der Waals surface area contributed by atoms with E-state index in [4.69, 9.17) is 9.73 Å². The second-order valence-corrected chi connectivity index (χ2v) is 7.95. The van der Waals surface area contributed by atoms with Gasteiger partial charge in [0.05, 0.1) is 0 Å². The minimum absolute atomic E-state index is 0.546. The maximum absolute atomic E-state index is 6.00. The van der Waals surface area contributed by atoms with Gasteiger partial charge in [0.1, 0.15) is 11.6 Å². The minimum Gasteiger partial charge on any atom is -0.453 e. The van der Waals surface area contributed by atoms with Crippen molar-refractivity contribution in [3.8, 4) is 11.5 Å². The smallest absolute Gasteiger partial charge is 0.197 e. The number of hydrogen-bond donors (Lipinski definition) is 1. The molecule has 1 N–H and O–H groups in total. The highest BCUT2D eigenvalue weighted by Gasteiger charge is 2.20. The van der Waals surface area contributed by atoms with Gasteiger partial charge in [0.2, 0.25) is 0 Å². The number of allylic oxidation sites excluding steroid dienone is 2. The summed E-state index contributed by atoms with van der Waals surface area (Å²) in [6.45, 7) is 6.30. The Morgan fingerprint density at radius 1 is 1.29 bits per heavy atom. The molecule has 0 saturated carbocycles. The van der Waals surface area contributed by atoms with Gasteiger partial charge in [-0.05, 0) is 74.9 Å². The van der Waals surface area contributed by atoms with E-state index in [1.54, 1.807) is 6.20 Å². The average Bonchev–Trinajstić information content (AvgIpc) is 2.70. The molecule has 1 aromatic heterocycles. The standard InChI is InChI=1S/C22H27BrN4O/c1-4-20(17-10-12-27(3)13-11-17)25-16(2)26-22-21(14-18(23)15-24-22)28-19-8-6-5-7-9-19/h4-9,14-15,17H,10-13H2,1-3H3,(H,24,25,26)/b20-4-. The molecule has 5 nitrogen and oxygen atoms in total. The fourth-order valence-electron chi connectivity index (χ4n) is 3.31. The molecular formula is C22H27BrN4O. The van der Waals surface area contributed by atoms with Gasteiger partial charge in [0, 0.05) is 28.4 Å². The van der Waals surface area contributed by atoms with Crippen LogP contribution in [-0.4, -0.2) is 35.9 Å². The van der Waals surface area contributed by atoms with E-state index in [0.717, 1.165) is 42.0 Å². The van der Waals surface area contributed by atoms with Crippen LogP contribution in [0.1, 0.15) is 26.7 Å². The Morgan fingerprint density at radius 2 is 2.00 bits per heavy atom. The first-order chi connectivity index (χ1) is 13.5. The molecule has 2 aromatic rings. The molecule has 1 saturated heterocycles. The number of nitrogens with one attached hydrogen (secondary N) is 1. The van der Waals surface area contributed by atoms with Gasteiger partial charge in [0.25, 0.3) is 0 Å². The fourth-order valence-corrected chi connectivity index (χ4v) is 3.62. The van der Waals surface area contributed by atoms with Crippen LogP contribution in [0.5, 0.6) is 11.5 Å². The third kappa shape index (κ3) is 5.66. The number of aliphatic imine (C=N–C) groups is 1. The van der Waals surface area contributed by atoms with Crippen LogP contribution < -0.4 is 10.1 Å². The van der Waals surface area contributed by atoms with E-state index < -0.39 is 0 Å². The van der Waals surface area contributed by atoms with Crippen LogP contribution in [-0.2, 0) is 0 Å². The highest BCUT2D eigenvalue weighted by atomic mass is 79.9. The molecule has 3 rings (SSSR count). The van der Waals surface area contributed by atoms with Crippen LogP contribution >= 0.6 is 15.9 Å². The van der Waals surface area contributed by atoms with Gasteiger partial charge >= 0.3 is 0 Å². The fraction of sp³-hybridized carbons (Fsp3) is 0.364. The van der Waals surface area contributed by atoms with Crippen LogP contribution in [0.25, 0.3) is 0 Å². The SMILES string of the molecule is C/C=C(\N/C(C)=N/c1ncc(Br)cc1Oc1ccccc1)C1CCN(C)CC1. The highest BCUT2D eigenvalue weighted by molar-refractivity contribution is 9.10. The Morgan fingerprint density at radius 3 is 2.68 bits per heavy atom. The molecule has 1 aliphatic rings. The number of halogens is 1. The van der Waals surface area contributed by atoms with Crippen molar-refractivity contribution in [2.45, 2.75) is 26.7 Å². The quantitative estimate of drug-likeness (QED) is 0.488. The molecule has 148 valence electrons. The number of amidine groups is 1. The molecule has 0 amide bonds. The summed E-state index contributed by atoms with van der Waals surface area (Å²) in [7, 11) is 2.18. The Bertz CT molecular complexity index is 843. The van der Waals surface area contributed by atoms with E-state index in [9.17, 15) is 0 Å². The number of aromatic nitrogens is 1. The van der Waals surface area contributed by atoms with Gasteiger partial charge in [-0.2, -0.15) is 0 Å². The van der Waals surface area contributed by atoms with Crippen molar-refractivity contribution in [2.24, 2.45) is 10.9 Å². The number of para-hydroxylation sites is 1. The Labute approximate surface area is 175 Å². The monoisotopic (exact) mass is 442 g/mol. The molecular weight excluding hydrogens is 416 g/mol. The van der Waals surface area contributed by atoms with Gasteiger partial charge < -0.3 is 15.0 Å². The van der Waals surface area contributed by atoms with E-state index in [0.29, 0.717) is 17.5 Å². The molecule has 0 bridgehead atoms. The highest BCUT2D eigenvalue weighted by Crippen LogP contribution is 2.32. The maximum atomic E-state index is 6.00. The van der Waals surface area contributed by atoms with E-state index in [1.165, 1.54) is 5.70 Å². The van der Waals surface area contributed by atoms with Gasteiger partial charge in [-0.25, -0.2) is 9.98 Å². The molecule has 0 radical (unpaired) electrons. The summed E-state index contributed by atoms with van der Waals surface area (Å²) in [5, 5.41) is 3.49. The molecule has 0 spiro atoms. The van der Waals surface area contributed by atoms with Crippen LogP contribution in [0.4, 0.5) is 5.82 Å². The molecule has 0 aliphatic carbocycles. The summed E-state index contributed by atoms with van der Waals surface area (Å²) in [6, 6.07) is 11.6. The third-order valence-corrected chi connectivity index (χ3v) is 5.27. The Kier molecular flexibility index (Phi) is 7.23. The summed E-state index contributed by atoms with van der Waals surface area (Å²) in [4.78, 5) is 11.5. The molecule has 2 heterocycles. The van der Waals surface area contributed by atoms with Crippen LogP contribution in [0.3, 0.4) is 0 Å². The number of ether oxygens (including phenoxy) is 1. The zero-order chi connectivity index (χ0) is 19.9. The molecule has 1 fully saturated rings. The van der Waals surface area contributed by atoms with E-state index in [2.05, 4.69) is 51.2 Å². The van der Waals surface area contributed by atoms with Crippen molar-refractivity contribution in [1.29, 1.82) is 0 Å². The minimum atomic E-state index is 0.546. The zero-order valence-corrected chi connectivity index (χ0v) is 18.2. The largest absolute Gasteiger partial charge is 0.453 e. The lowest BCUT2D eigenvalue weighted by Crippen LogP contribution is -2.34. The second-order valence-electron chi connectivity index (χ2n) is 7.03. The van der Waals surface area contributed by atoms with Crippen molar-refractivity contribution in [3.63, 3.8) is 0 Å². The normalized spacial score (nSPS) is 16.9. The molecule has 28 heavy (non-hydrogen) atoms. The third-order valence-electron chi connectivity index (χ3n) is 4.84. The first-order valence-electron chi connectivity index (χ1n) is 9.60. The summed E-state index contributed by atoms with van der Waals surface area (Å²) in [6.07, 6.45) is 6.22. The Hall–Kier alpha value is -2.18. The van der Waals surface area contributed by atoms with Crippen molar-refractivity contribution >= 4 is 27.6 Å². The maximum Gasteiger partial charge on any atom is 0.197 e. The molecule has 6 heteroatoms. The summed E-state index contributed by atoms with van der Waals surface area (Å²) >= 11 is 3.46. The van der Waals surface area contributed by atoms with Crippen molar-refractivity contribution in [3.05, 3.63) is 58.8 Å². The van der Waals surface area contributed by atoms with Crippen LogP contribution in [0, 0.1) is 5.92 Å². The van der Waals surface area contributed by atoms with Gasteiger partial charge in [-0.1, -0.05) is 24.3 Å². The number of rotatable bonds is 5. The lowest BCUT2D eigenvalue weighted by Gasteiger charge is -2.31. The van der Waals surface area contributed by atoms with E-state index in [-0.39, 0.29) is 0 Å². The predicted molar refractivity (Wildman–Crippen MR) is 118 cm³/mol. The summed E-state index contributed by atoms with van der Waals surface area (Å²) in [5.74, 6) is 3.27. The number of likely N-dealkylation sites (tertiary alicyclic amines) is 1. The van der Waals surface area contributed by atoms with Gasteiger partial charge in [0.15, 0.2) is 11.6 Å². The van der Waals surface area contributed by atoms with Crippen LogP contribution in [0.15, 0.2) is 63.8 Å². The molecule has 1 aliphatic heterocycles. The number of hydrogen-bond acceptors (Lipinski definition) is 4. The summed E-state index contributed by atoms with van der Waals surface area (Å²) < 4.78 is 6.85. The van der Waals surface area contributed by atoms with Gasteiger partial charge in [-0.3, -0.25) is 0 Å². The lowest BCUT2D eigenvalue weighted by molar-refractivity contribution is 0.235.